The van der Waals surface area contributed by atoms with Crippen LogP contribution >= 0.6 is 0 Å². The maximum Gasteiger partial charge on any atom is 0.0919 e. The molecule has 0 rings (SSSR count). The molecule has 0 saturated carbocycles. The molecule has 0 aromatic carbocycles. The predicted molar refractivity (Wildman–Crippen MR) is 25.4 cm³/mol. The maximum atomic E-state index is 11.5. The van der Waals surface area contributed by atoms with E-state index >= 15 is 0 Å². The molecule has 0 fully saturated rings. The Bertz CT molecular complexity index is 29.6. The van der Waals surface area contributed by atoms with E-state index in [-0.39, 0.29) is 19.5 Å². The van der Waals surface area contributed by atoms with Crippen LogP contribution in [-0.4, -0.2) is 6.67 Å². The van der Waals surface area contributed by atoms with E-state index in [0.717, 1.165) is 6.42 Å². The summed E-state index contributed by atoms with van der Waals surface area (Å²) in [5.74, 6) is -0.0139. The first-order chi connectivity index (χ1) is 3.35. The minimum Gasteiger partial charge on any atom is -0.251 e. The van der Waals surface area contributed by atoms with Gasteiger partial charge in [0, 0.05) is 1.37 Å². The molecule has 0 amide bonds. The van der Waals surface area contributed by atoms with Gasteiger partial charge in [0.1, 0.15) is 0 Å². The summed E-state index contributed by atoms with van der Waals surface area (Å²) in [5.41, 5.74) is 0. The average Bonchev–Trinajstić information content (AvgIpc) is 1.72. The molecule has 1 heteroatoms. The molecule has 1 unspecified atom stereocenters. The Labute approximate surface area is 39.8 Å². The van der Waals surface area contributed by atoms with Gasteiger partial charge in [0.25, 0.3) is 0 Å². The summed E-state index contributed by atoms with van der Waals surface area (Å²) in [7, 11) is 0. The van der Waals surface area contributed by atoms with E-state index in [9.17, 15) is 4.39 Å². The number of rotatable bonds is 2. The van der Waals surface area contributed by atoms with Gasteiger partial charge < -0.3 is 0 Å². The standard InChI is InChI=1S/C5H11F/c1-3-5(2)4-6/h5H,3-4H2,1-2H3/i2D. The van der Waals surface area contributed by atoms with Gasteiger partial charge in [-0.05, 0) is 5.92 Å². The number of hydrogen-bond acceptors (Lipinski definition) is 0. The largest absolute Gasteiger partial charge is 0.251 e. The molecule has 6 heavy (non-hydrogen) atoms. The Morgan fingerprint density at radius 3 is 2.67 bits per heavy atom. The fraction of sp³-hybridized carbons (Fsp3) is 1.00. The maximum absolute atomic E-state index is 11.5. The van der Waals surface area contributed by atoms with Crippen molar-refractivity contribution in [1.82, 2.24) is 0 Å². The first-order valence-electron chi connectivity index (χ1n) is 2.91. The summed E-state index contributed by atoms with van der Waals surface area (Å²) in [6.07, 6.45) is 0.792. The van der Waals surface area contributed by atoms with Gasteiger partial charge in [-0.15, -0.1) is 0 Å². The molecule has 0 N–H and O–H groups in total. The van der Waals surface area contributed by atoms with Crippen molar-refractivity contribution in [2.45, 2.75) is 20.2 Å². The van der Waals surface area contributed by atoms with E-state index in [1.807, 2.05) is 6.92 Å². The average molecular weight is 91.1 g/mol. The monoisotopic (exact) mass is 91.1 g/mol. The molecule has 0 aliphatic rings. The number of halogens is 1. The van der Waals surface area contributed by atoms with Crippen LogP contribution in [0.1, 0.15) is 21.6 Å². The highest BCUT2D eigenvalue weighted by Crippen LogP contribution is 1.98. The third-order valence-electron chi connectivity index (χ3n) is 0.796. The molecular weight excluding hydrogens is 79.1 g/mol. The van der Waals surface area contributed by atoms with Crippen LogP contribution in [0.25, 0.3) is 0 Å². The van der Waals surface area contributed by atoms with Crippen molar-refractivity contribution in [3.8, 4) is 0 Å². The highest BCUT2D eigenvalue weighted by Gasteiger charge is 1.92. The van der Waals surface area contributed by atoms with E-state index < -0.39 is 0 Å². The van der Waals surface area contributed by atoms with E-state index in [0.29, 0.717) is 0 Å². The zero-order valence-electron chi connectivity index (χ0n) is 5.08. The smallest absolute Gasteiger partial charge is 0.0919 e. The second kappa shape index (κ2) is 3.13. The second-order valence-corrected chi connectivity index (χ2v) is 1.43. The van der Waals surface area contributed by atoms with E-state index in [1.165, 1.54) is 0 Å². The van der Waals surface area contributed by atoms with Crippen LogP contribution in [0, 0.1) is 5.92 Å². The van der Waals surface area contributed by atoms with Crippen LogP contribution in [-0.2, 0) is 0 Å². The molecule has 0 bridgehead atoms. The Hall–Kier alpha value is -0.0700. The zero-order chi connectivity index (χ0) is 5.70. The Morgan fingerprint density at radius 1 is 2.00 bits per heavy atom. The molecule has 0 saturated heterocycles. The van der Waals surface area contributed by atoms with Crippen molar-refractivity contribution in [2.24, 2.45) is 5.92 Å². The summed E-state index contributed by atoms with van der Waals surface area (Å²) >= 11 is 0. The zero-order valence-corrected chi connectivity index (χ0v) is 4.08. The van der Waals surface area contributed by atoms with Crippen molar-refractivity contribution < 1.29 is 5.76 Å². The second-order valence-electron chi connectivity index (χ2n) is 1.43. The number of alkyl halides is 1. The van der Waals surface area contributed by atoms with Crippen molar-refractivity contribution in [3.05, 3.63) is 0 Å². The summed E-state index contributed by atoms with van der Waals surface area (Å²) in [6, 6.07) is 0. The van der Waals surface area contributed by atoms with Gasteiger partial charge in [0.2, 0.25) is 0 Å². The molecule has 0 spiro atoms. The lowest BCUT2D eigenvalue weighted by Crippen LogP contribution is -1.91. The third kappa shape index (κ3) is 2.18. The third-order valence-corrected chi connectivity index (χ3v) is 0.796. The van der Waals surface area contributed by atoms with Gasteiger partial charge in [0.05, 0.1) is 6.67 Å². The number of hydrogen-bond donors (Lipinski definition) is 0. The predicted octanol–water partition coefficient (Wildman–Crippen LogP) is 2.00. The molecule has 0 aromatic rings. The quantitative estimate of drug-likeness (QED) is 0.487. The Balaban J connectivity index is 2.99. The minimum atomic E-state index is -0.333. The highest BCUT2D eigenvalue weighted by atomic mass is 19.1. The Morgan fingerprint density at radius 2 is 2.67 bits per heavy atom. The van der Waals surface area contributed by atoms with Crippen LogP contribution in [0.5, 0.6) is 0 Å². The summed E-state index contributed by atoms with van der Waals surface area (Å²) in [4.78, 5) is 0. The van der Waals surface area contributed by atoms with Crippen molar-refractivity contribution in [3.63, 3.8) is 0 Å². The molecule has 0 nitrogen and oxygen atoms in total. The topological polar surface area (TPSA) is 0 Å². The van der Waals surface area contributed by atoms with Crippen LogP contribution in [0.2, 0.25) is 0 Å². The van der Waals surface area contributed by atoms with Crippen molar-refractivity contribution in [2.75, 3.05) is 6.67 Å². The lowest BCUT2D eigenvalue weighted by Gasteiger charge is -1.95. The molecule has 0 aliphatic heterocycles. The summed E-state index contributed by atoms with van der Waals surface area (Å²) in [6.45, 7) is 1.80. The normalized spacial score (nSPS) is 16.7. The lowest BCUT2D eigenvalue weighted by molar-refractivity contribution is 0.375. The molecule has 1 atom stereocenters. The highest BCUT2D eigenvalue weighted by molar-refractivity contribution is 4.42. The fourth-order valence-electron chi connectivity index (χ4n) is 0.109. The van der Waals surface area contributed by atoms with Crippen LogP contribution < -0.4 is 0 Å². The van der Waals surface area contributed by atoms with E-state index in [1.54, 1.807) is 0 Å². The molecule has 0 aromatic heterocycles. The van der Waals surface area contributed by atoms with Gasteiger partial charge in [-0.3, -0.25) is 4.39 Å². The van der Waals surface area contributed by atoms with Gasteiger partial charge in [-0.2, -0.15) is 0 Å². The van der Waals surface area contributed by atoms with E-state index in [4.69, 9.17) is 1.37 Å². The molecule has 0 heterocycles. The fourth-order valence-corrected chi connectivity index (χ4v) is 0.109. The summed E-state index contributed by atoms with van der Waals surface area (Å²) in [5, 5.41) is 0. The lowest BCUT2D eigenvalue weighted by atomic mass is 10.1. The van der Waals surface area contributed by atoms with Gasteiger partial charge in [-0.25, -0.2) is 0 Å². The molecule has 0 aliphatic carbocycles. The SMILES string of the molecule is [2H]CC(CC)CF. The van der Waals surface area contributed by atoms with Crippen molar-refractivity contribution in [1.29, 1.82) is 0 Å². The van der Waals surface area contributed by atoms with Crippen LogP contribution in [0.15, 0.2) is 0 Å². The van der Waals surface area contributed by atoms with Crippen molar-refractivity contribution >= 4 is 0 Å². The molecule has 38 valence electrons. The van der Waals surface area contributed by atoms with Crippen LogP contribution in [0.4, 0.5) is 4.39 Å². The first kappa shape index (κ1) is 4.10. The Kier molecular flexibility index (Phi) is 2.14. The van der Waals surface area contributed by atoms with E-state index in [2.05, 4.69) is 0 Å². The minimum absolute atomic E-state index is 0.0139. The van der Waals surface area contributed by atoms with Gasteiger partial charge in [-0.1, -0.05) is 20.2 Å². The van der Waals surface area contributed by atoms with Gasteiger partial charge in [0.15, 0.2) is 0 Å². The van der Waals surface area contributed by atoms with Gasteiger partial charge >= 0.3 is 0 Å². The van der Waals surface area contributed by atoms with Crippen LogP contribution in [0.3, 0.4) is 0 Å². The summed E-state index contributed by atoms with van der Waals surface area (Å²) < 4.78 is 18.3. The first-order valence-corrected chi connectivity index (χ1v) is 2.20. The molecular formula is C5H11F. The molecule has 0 radical (unpaired) electrons.